The molecule has 0 unspecified atom stereocenters. The van der Waals surface area contributed by atoms with E-state index in [1.54, 1.807) is 30.3 Å². The summed E-state index contributed by atoms with van der Waals surface area (Å²) in [4.78, 5) is 0.260. The molecule has 0 radical (unpaired) electrons. The molecular formula is C15H17NO3S. The number of nitrogens with one attached hydrogen (secondary N) is 1. The highest BCUT2D eigenvalue weighted by molar-refractivity contribution is 7.89. The van der Waals surface area contributed by atoms with Gasteiger partial charge in [-0.15, -0.1) is 0 Å². The maximum atomic E-state index is 11.9. The minimum absolute atomic E-state index is 0.227. The zero-order valence-electron chi connectivity index (χ0n) is 11.2. The second-order valence-electron chi connectivity index (χ2n) is 4.38. The second-order valence-corrected chi connectivity index (χ2v) is 6.14. The Labute approximate surface area is 119 Å². The van der Waals surface area contributed by atoms with E-state index < -0.39 is 10.0 Å². The van der Waals surface area contributed by atoms with Gasteiger partial charge in [0.2, 0.25) is 10.0 Å². The van der Waals surface area contributed by atoms with E-state index in [9.17, 15) is 8.42 Å². The predicted octanol–water partition coefficient (Wildman–Crippen LogP) is 2.35. The summed E-state index contributed by atoms with van der Waals surface area (Å²) in [5, 5.41) is 0. The lowest BCUT2D eigenvalue weighted by atomic mass is 10.2. The average molecular weight is 291 g/mol. The molecule has 0 aliphatic heterocycles. The summed E-state index contributed by atoms with van der Waals surface area (Å²) in [6.45, 7) is 2.49. The Hall–Kier alpha value is -1.85. The van der Waals surface area contributed by atoms with Crippen molar-refractivity contribution in [3.63, 3.8) is 0 Å². The molecule has 20 heavy (non-hydrogen) atoms. The fourth-order valence-electron chi connectivity index (χ4n) is 1.73. The Morgan fingerprint density at radius 2 is 1.80 bits per heavy atom. The molecule has 0 amide bonds. The van der Waals surface area contributed by atoms with E-state index in [4.69, 9.17) is 4.74 Å². The van der Waals surface area contributed by atoms with Gasteiger partial charge in [0.1, 0.15) is 12.4 Å². The van der Waals surface area contributed by atoms with Crippen molar-refractivity contribution in [2.24, 2.45) is 0 Å². The van der Waals surface area contributed by atoms with Gasteiger partial charge in [0.15, 0.2) is 0 Å². The number of rotatable bonds is 6. The molecule has 0 heterocycles. The number of aryl methyl sites for hydroxylation is 1. The van der Waals surface area contributed by atoms with Crippen LogP contribution in [0, 0.1) is 6.92 Å². The molecule has 0 saturated heterocycles. The summed E-state index contributed by atoms with van der Waals surface area (Å²) in [7, 11) is -3.45. The van der Waals surface area contributed by atoms with E-state index in [1.807, 2.05) is 31.2 Å². The molecule has 0 saturated carbocycles. The molecule has 2 rings (SSSR count). The third kappa shape index (κ3) is 4.08. The fourth-order valence-corrected chi connectivity index (χ4v) is 2.77. The van der Waals surface area contributed by atoms with Gasteiger partial charge in [0.25, 0.3) is 0 Å². The molecule has 106 valence electrons. The molecular weight excluding hydrogens is 274 g/mol. The normalized spacial score (nSPS) is 11.2. The smallest absolute Gasteiger partial charge is 0.240 e. The van der Waals surface area contributed by atoms with E-state index in [0.717, 1.165) is 11.3 Å². The first kappa shape index (κ1) is 14.6. The Bertz CT molecular complexity index is 654. The van der Waals surface area contributed by atoms with Crippen LogP contribution in [-0.4, -0.2) is 21.6 Å². The zero-order valence-corrected chi connectivity index (χ0v) is 12.1. The van der Waals surface area contributed by atoms with Crippen molar-refractivity contribution < 1.29 is 13.2 Å². The SMILES string of the molecule is Cc1cccc(OCCNS(=O)(=O)c2ccccc2)c1. The Kier molecular flexibility index (Phi) is 4.76. The molecule has 0 aliphatic carbocycles. The number of hydrogen-bond donors (Lipinski definition) is 1. The standard InChI is InChI=1S/C15H17NO3S/c1-13-6-5-7-14(12-13)19-11-10-16-20(17,18)15-8-3-2-4-9-15/h2-9,12,16H,10-11H2,1H3. The predicted molar refractivity (Wildman–Crippen MR) is 78.3 cm³/mol. The summed E-state index contributed by atoms with van der Waals surface area (Å²) in [6.07, 6.45) is 0. The van der Waals surface area contributed by atoms with Gasteiger partial charge in [-0.3, -0.25) is 0 Å². The number of benzene rings is 2. The van der Waals surface area contributed by atoms with Crippen molar-refractivity contribution in [3.05, 3.63) is 60.2 Å². The Balaban J connectivity index is 1.84. The average Bonchev–Trinajstić information content (AvgIpc) is 2.45. The molecule has 2 aromatic rings. The topological polar surface area (TPSA) is 55.4 Å². The lowest BCUT2D eigenvalue weighted by molar-refractivity contribution is 0.322. The second kappa shape index (κ2) is 6.54. The van der Waals surface area contributed by atoms with Gasteiger partial charge in [-0.2, -0.15) is 0 Å². The minimum Gasteiger partial charge on any atom is -0.492 e. The summed E-state index contributed by atoms with van der Waals surface area (Å²) < 4.78 is 31.9. The van der Waals surface area contributed by atoms with Gasteiger partial charge < -0.3 is 4.74 Å². The highest BCUT2D eigenvalue weighted by Crippen LogP contribution is 2.12. The van der Waals surface area contributed by atoms with Crippen LogP contribution in [0.25, 0.3) is 0 Å². The van der Waals surface area contributed by atoms with E-state index in [0.29, 0.717) is 0 Å². The van der Waals surface area contributed by atoms with Crippen LogP contribution in [0.5, 0.6) is 5.75 Å². The van der Waals surface area contributed by atoms with Crippen molar-refractivity contribution in [1.82, 2.24) is 4.72 Å². The summed E-state index contributed by atoms with van der Waals surface area (Å²) in [5.74, 6) is 0.740. The molecule has 0 aliphatic rings. The van der Waals surface area contributed by atoms with Crippen molar-refractivity contribution in [2.45, 2.75) is 11.8 Å². The number of sulfonamides is 1. The highest BCUT2D eigenvalue weighted by atomic mass is 32.2. The van der Waals surface area contributed by atoms with Crippen LogP contribution in [0.15, 0.2) is 59.5 Å². The van der Waals surface area contributed by atoms with Crippen LogP contribution >= 0.6 is 0 Å². The van der Waals surface area contributed by atoms with Crippen molar-refractivity contribution >= 4 is 10.0 Å². The molecule has 0 bridgehead atoms. The summed E-state index contributed by atoms with van der Waals surface area (Å²) >= 11 is 0. The van der Waals surface area contributed by atoms with E-state index in [2.05, 4.69) is 4.72 Å². The number of hydrogen-bond acceptors (Lipinski definition) is 3. The lowest BCUT2D eigenvalue weighted by Gasteiger charge is -2.09. The van der Waals surface area contributed by atoms with Gasteiger partial charge in [0, 0.05) is 6.54 Å². The first-order chi connectivity index (χ1) is 9.58. The first-order valence-electron chi connectivity index (χ1n) is 6.32. The minimum atomic E-state index is -3.45. The molecule has 2 aromatic carbocycles. The Morgan fingerprint density at radius 3 is 2.50 bits per heavy atom. The number of ether oxygens (including phenoxy) is 1. The van der Waals surface area contributed by atoms with E-state index >= 15 is 0 Å². The molecule has 0 fully saturated rings. The van der Waals surface area contributed by atoms with Crippen molar-refractivity contribution in [3.8, 4) is 5.75 Å². The molecule has 0 spiro atoms. The van der Waals surface area contributed by atoms with Gasteiger partial charge >= 0.3 is 0 Å². The largest absolute Gasteiger partial charge is 0.492 e. The van der Waals surface area contributed by atoms with Gasteiger partial charge in [0.05, 0.1) is 4.90 Å². The van der Waals surface area contributed by atoms with E-state index in [1.165, 1.54) is 0 Å². The van der Waals surface area contributed by atoms with Crippen LogP contribution in [0.3, 0.4) is 0 Å². The van der Waals surface area contributed by atoms with Gasteiger partial charge in [-0.25, -0.2) is 13.1 Å². The van der Waals surface area contributed by atoms with Crippen LogP contribution in [0.2, 0.25) is 0 Å². The maximum absolute atomic E-state index is 11.9. The quantitative estimate of drug-likeness (QED) is 0.831. The Morgan fingerprint density at radius 1 is 1.05 bits per heavy atom. The van der Waals surface area contributed by atoms with Crippen LogP contribution in [0.4, 0.5) is 0 Å². The molecule has 1 N–H and O–H groups in total. The third-order valence-electron chi connectivity index (χ3n) is 2.71. The van der Waals surface area contributed by atoms with Crippen LogP contribution in [0.1, 0.15) is 5.56 Å². The summed E-state index contributed by atoms with van der Waals surface area (Å²) in [6, 6.07) is 15.9. The molecule has 0 aromatic heterocycles. The molecule has 4 nitrogen and oxygen atoms in total. The molecule has 0 atom stereocenters. The van der Waals surface area contributed by atoms with Crippen LogP contribution in [-0.2, 0) is 10.0 Å². The van der Waals surface area contributed by atoms with E-state index in [-0.39, 0.29) is 18.0 Å². The van der Waals surface area contributed by atoms with Gasteiger partial charge in [-0.1, -0.05) is 30.3 Å². The summed E-state index contributed by atoms with van der Waals surface area (Å²) in [5.41, 5.74) is 1.10. The monoisotopic (exact) mass is 291 g/mol. The van der Waals surface area contributed by atoms with Crippen molar-refractivity contribution in [2.75, 3.05) is 13.2 Å². The first-order valence-corrected chi connectivity index (χ1v) is 7.80. The van der Waals surface area contributed by atoms with Gasteiger partial charge in [-0.05, 0) is 36.8 Å². The third-order valence-corrected chi connectivity index (χ3v) is 4.18. The van der Waals surface area contributed by atoms with Crippen LogP contribution < -0.4 is 9.46 Å². The molecule has 5 heteroatoms. The van der Waals surface area contributed by atoms with Crippen molar-refractivity contribution in [1.29, 1.82) is 0 Å². The zero-order chi connectivity index (χ0) is 14.4. The highest BCUT2D eigenvalue weighted by Gasteiger charge is 2.11. The fraction of sp³-hybridized carbons (Fsp3) is 0.200. The lowest BCUT2D eigenvalue weighted by Crippen LogP contribution is -2.28. The maximum Gasteiger partial charge on any atom is 0.240 e.